The smallest absolute Gasteiger partial charge is 0.416 e. The van der Waals surface area contributed by atoms with E-state index in [-0.39, 0.29) is 24.4 Å². The van der Waals surface area contributed by atoms with E-state index in [1.165, 1.54) is 7.05 Å². The van der Waals surface area contributed by atoms with Gasteiger partial charge < -0.3 is 19.7 Å². The normalized spacial score (nSPS) is 11.3. The maximum absolute atomic E-state index is 13.8. The highest BCUT2D eigenvalue weighted by Gasteiger charge is 2.32. The lowest BCUT2D eigenvalue weighted by Crippen LogP contribution is -2.30. The van der Waals surface area contributed by atoms with Gasteiger partial charge in [0.1, 0.15) is 18.2 Å². The summed E-state index contributed by atoms with van der Waals surface area (Å²) in [6, 6.07) is 11.6. The van der Waals surface area contributed by atoms with Crippen molar-refractivity contribution in [3.63, 3.8) is 0 Å². The molecule has 0 unspecified atom stereocenters. The van der Waals surface area contributed by atoms with E-state index >= 15 is 0 Å². The summed E-state index contributed by atoms with van der Waals surface area (Å²) in [7, 11) is 1.19. The number of benzene rings is 2. The van der Waals surface area contributed by atoms with Crippen LogP contribution in [0.5, 0.6) is 11.5 Å². The van der Waals surface area contributed by atoms with Crippen LogP contribution in [-0.4, -0.2) is 28.7 Å². The Balaban J connectivity index is 1.87. The van der Waals surface area contributed by atoms with E-state index in [4.69, 9.17) is 4.74 Å². The van der Waals surface area contributed by atoms with Crippen LogP contribution in [0.25, 0.3) is 11.3 Å². The molecule has 168 valence electrons. The Morgan fingerprint density at radius 2 is 1.81 bits per heavy atom. The minimum Gasteiger partial charge on any atom is -0.502 e. The van der Waals surface area contributed by atoms with E-state index < -0.39 is 40.3 Å². The first-order valence-electron chi connectivity index (χ1n) is 9.35. The number of hydrogen-bond donors (Lipinski definition) is 2. The third kappa shape index (κ3) is 5.08. The molecule has 0 aliphatic heterocycles. The molecule has 6 nitrogen and oxygen atoms in total. The van der Waals surface area contributed by atoms with Crippen LogP contribution in [0.1, 0.15) is 15.9 Å². The van der Waals surface area contributed by atoms with Crippen LogP contribution >= 0.6 is 0 Å². The highest BCUT2D eigenvalue weighted by atomic mass is 19.4. The van der Waals surface area contributed by atoms with E-state index in [2.05, 4.69) is 5.32 Å². The Morgan fingerprint density at radius 1 is 1.12 bits per heavy atom. The van der Waals surface area contributed by atoms with Gasteiger partial charge >= 0.3 is 6.18 Å². The maximum atomic E-state index is 13.8. The summed E-state index contributed by atoms with van der Waals surface area (Å²) >= 11 is 0. The average Bonchev–Trinajstić information content (AvgIpc) is 2.75. The minimum atomic E-state index is -4.81. The Labute approximate surface area is 179 Å². The van der Waals surface area contributed by atoms with Crippen molar-refractivity contribution in [1.82, 2.24) is 9.88 Å². The number of alkyl halides is 3. The zero-order valence-corrected chi connectivity index (χ0v) is 16.7. The number of pyridine rings is 1. The first-order valence-corrected chi connectivity index (χ1v) is 9.35. The third-order valence-corrected chi connectivity index (χ3v) is 4.57. The molecule has 1 heterocycles. The molecule has 0 radical (unpaired) electrons. The SMILES string of the molecule is Cn1c(-c2cc(F)cc(C(F)(F)F)c2)cc(C(=O)NCCOc2ccccc2)c(O)c1=O. The fourth-order valence-corrected chi connectivity index (χ4v) is 2.98. The molecule has 2 N–H and O–H groups in total. The monoisotopic (exact) mass is 450 g/mol. The number of hydrogen-bond acceptors (Lipinski definition) is 4. The van der Waals surface area contributed by atoms with Crippen LogP contribution in [0.2, 0.25) is 0 Å². The number of halogens is 4. The number of rotatable bonds is 6. The second-order valence-electron chi connectivity index (χ2n) is 6.80. The Morgan fingerprint density at radius 3 is 2.47 bits per heavy atom. The third-order valence-electron chi connectivity index (χ3n) is 4.57. The Bertz CT molecular complexity index is 1190. The van der Waals surface area contributed by atoms with E-state index in [9.17, 15) is 32.3 Å². The summed E-state index contributed by atoms with van der Waals surface area (Å²) in [5, 5.41) is 12.6. The molecule has 0 atom stereocenters. The number of ether oxygens (including phenoxy) is 1. The molecule has 0 saturated carbocycles. The lowest BCUT2D eigenvalue weighted by Gasteiger charge is -2.15. The molecule has 10 heteroatoms. The molecule has 3 aromatic rings. The van der Waals surface area contributed by atoms with E-state index in [0.717, 1.165) is 16.7 Å². The molecular weight excluding hydrogens is 432 g/mol. The van der Waals surface area contributed by atoms with Gasteiger partial charge in [0.2, 0.25) is 0 Å². The fraction of sp³-hybridized carbons (Fsp3) is 0.182. The van der Waals surface area contributed by atoms with E-state index in [1.54, 1.807) is 30.3 Å². The van der Waals surface area contributed by atoms with Crippen molar-refractivity contribution in [3.05, 3.63) is 81.9 Å². The lowest BCUT2D eigenvalue weighted by atomic mass is 10.0. The van der Waals surface area contributed by atoms with Crippen molar-refractivity contribution in [2.75, 3.05) is 13.2 Å². The van der Waals surface area contributed by atoms with Crippen molar-refractivity contribution in [2.24, 2.45) is 7.05 Å². The average molecular weight is 450 g/mol. The summed E-state index contributed by atoms with van der Waals surface area (Å²) in [4.78, 5) is 24.9. The van der Waals surface area contributed by atoms with Crippen LogP contribution < -0.4 is 15.6 Å². The van der Waals surface area contributed by atoms with Gasteiger partial charge in [-0.25, -0.2) is 4.39 Å². The van der Waals surface area contributed by atoms with Crippen LogP contribution in [0.4, 0.5) is 17.6 Å². The number of amides is 1. The second kappa shape index (κ2) is 9.13. The van der Waals surface area contributed by atoms with Crippen molar-refractivity contribution in [1.29, 1.82) is 0 Å². The van der Waals surface area contributed by atoms with Crippen molar-refractivity contribution in [2.45, 2.75) is 6.18 Å². The molecule has 3 rings (SSSR count). The van der Waals surface area contributed by atoms with Crippen molar-refractivity contribution in [3.8, 4) is 22.8 Å². The van der Waals surface area contributed by atoms with Gasteiger partial charge in [-0.2, -0.15) is 13.2 Å². The summed E-state index contributed by atoms with van der Waals surface area (Å²) in [5.74, 6) is -2.32. The van der Waals surface area contributed by atoms with Crippen LogP contribution in [0, 0.1) is 5.82 Å². The molecule has 2 aromatic carbocycles. The standard InChI is InChI=1S/C22H18F4N2O4/c1-28-18(13-9-14(22(24,25)26)11-15(23)10-13)12-17(19(29)21(28)31)20(30)27-7-8-32-16-5-3-2-4-6-16/h2-6,9-12,29H,7-8H2,1H3,(H,27,30). The summed E-state index contributed by atoms with van der Waals surface area (Å²) in [5.41, 5.74) is -3.19. The minimum absolute atomic E-state index is 0.0237. The second-order valence-corrected chi connectivity index (χ2v) is 6.80. The molecule has 0 bridgehead atoms. The predicted molar refractivity (Wildman–Crippen MR) is 108 cm³/mol. The zero-order valence-electron chi connectivity index (χ0n) is 16.7. The molecule has 1 amide bonds. The van der Waals surface area contributed by atoms with Crippen molar-refractivity contribution < 1.29 is 32.2 Å². The molecule has 1 aromatic heterocycles. The number of aromatic nitrogens is 1. The molecule has 0 spiro atoms. The van der Waals surface area contributed by atoms with Gasteiger partial charge in [-0.1, -0.05) is 18.2 Å². The quantitative estimate of drug-likeness (QED) is 0.443. The van der Waals surface area contributed by atoms with Gasteiger partial charge in [-0.3, -0.25) is 9.59 Å². The number of carbonyl (C=O) groups is 1. The molecule has 32 heavy (non-hydrogen) atoms. The number of carbonyl (C=O) groups excluding carboxylic acids is 1. The Hall–Kier alpha value is -3.82. The first kappa shape index (κ1) is 22.9. The first-order chi connectivity index (χ1) is 15.1. The largest absolute Gasteiger partial charge is 0.502 e. The highest BCUT2D eigenvalue weighted by Crippen LogP contribution is 2.33. The highest BCUT2D eigenvalue weighted by molar-refractivity contribution is 5.97. The number of nitrogens with zero attached hydrogens (tertiary/aromatic N) is 1. The van der Waals surface area contributed by atoms with Gasteiger partial charge in [0.15, 0.2) is 5.75 Å². The van der Waals surface area contributed by atoms with Gasteiger partial charge in [0.25, 0.3) is 11.5 Å². The van der Waals surface area contributed by atoms with Gasteiger partial charge in [-0.15, -0.1) is 0 Å². The molecule has 0 saturated heterocycles. The topological polar surface area (TPSA) is 80.6 Å². The van der Waals surface area contributed by atoms with Gasteiger partial charge in [0, 0.05) is 12.6 Å². The molecular formula is C22H18F4N2O4. The zero-order chi connectivity index (χ0) is 23.5. The number of aromatic hydroxyl groups is 1. The maximum Gasteiger partial charge on any atom is 0.416 e. The van der Waals surface area contributed by atoms with Gasteiger partial charge in [-0.05, 0) is 36.4 Å². The summed E-state index contributed by atoms with van der Waals surface area (Å²) < 4.78 is 59.3. The number of para-hydroxylation sites is 1. The molecule has 0 fully saturated rings. The predicted octanol–water partition coefficient (Wildman–Crippen LogP) is 3.72. The van der Waals surface area contributed by atoms with E-state index in [1.807, 2.05) is 0 Å². The fourth-order valence-electron chi connectivity index (χ4n) is 2.98. The van der Waals surface area contributed by atoms with Crippen LogP contribution in [-0.2, 0) is 13.2 Å². The lowest BCUT2D eigenvalue weighted by molar-refractivity contribution is -0.137. The summed E-state index contributed by atoms with van der Waals surface area (Å²) in [6.07, 6.45) is -4.81. The molecule has 0 aliphatic carbocycles. The van der Waals surface area contributed by atoms with E-state index in [0.29, 0.717) is 17.9 Å². The number of nitrogens with one attached hydrogen (secondary N) is 1. The summed E-state index contributed by atoms with van der Waals surface area (Å²) in [6.45, 7) is 0.114. The van der Waals surface area contributed by atoms with Crippen LogP contribution in [0.15, 0.2) is 59.4 Å². The molecule has 0 aliphatic rings. The van der Waals surface area contributed by atoms with Crippen LogP contribution in [0.3, 0.4) is 0 Å². The van der Waals surface area contributed by atoms with Gasteiger partial charge in [0.05, 0.1) is 23.4 Å². The Kier molecular flexibility index (Phi) is 6.52. The van der Waals surface area contributed by atoms with Crippen molar-refractivity contribution >= 4 is 5.91 Å².